The van der Waals surface area contributed by atoms with Gasteiger partial charge in [0.15, 0.2) is 0 Å². The van der Waals surface area contributed by atoms with E-state index in [-0.39, 0.29) is 0 Å². The first-order chi connectivity index (χ1) is 9.90. The van der Waals surface area contributed by atoms with Crippen molar-refractivity contribution in [2.24, 2.45) is 0 Å². The Kier molecular flexibility index (Phi) is 2.46. The number of aromatic nitrogens is 2. The van der Waals surface area contributed by atoms with Crippen molar-refractivity contribution in [3.63, 3.8) is 0 Å². The van der Waals surface area contributed by atoms with Crippen LogP contribution in [0.2, 0.25) is 0 Å². The molecule has 0 saturated carbocycles. The summed E-state index contributed by atoms with van der Waals surface area (Å²) in [5.41, 5.74) is 3.16. The molecular weight excluding hydrogens is 244 g/mol. The van der Waals surface area contributed by atoms with Crippen molar-refractivity contribution in [2.45, 2.75) is 0 Å². The summed E-state index contributed by atoms with van der Waals surface area (Å²) >= 11 is 0. The SMILES string of the molecule is c1ccc2nc(-c3ccc4cnccc4c3)ccc2c1. The topological polar surface area (TPSA) is 25.8 Å². The van der Waals surface area contributed by atoms with Gasteiger partial charge in [-0.2, -0.15) is 0 Å². The second-order valence-corrected chi connectivity index (χ2v) is 4.83. The molecule has 0 aliphatic heterocycles. The highest BCUT2D eigenvalue weighted by atomic mass is 14.7. The molecule has 0 unspecified atom stereocenters. The van der Waals surface area contributed by atoms with Crippen LogP contribution >= 0.6 is 0 Å². The van der Waals surface area contributed by atoms with E-state index in [1.54, 1.807) is 0 Å². The van der Waals surface area contributed by atoms with E-state index in [0.29, 0.717) is 0 Å². The van der Waals surface area contributed by atoms with Gasteiger partial charge in [-0.3, -0.25) is 4.98 Å². The Labute approximate surface area is 116 Å². The molecule has 0 atom stereocenters. The number of benzene rings is 2. The molecule has 2 aromatic heterocycles. The van der Waals surface area contributed by atoms with Gasteiger partial charge in [-0.25, -0.2) is 4.98 Å². The van der Waals surface area contributed by atoms with E-state index in [9.17, 15) is 0 Å². The van der Waals surface area contributed by atoms with Crippen LogP contribution in [-0.4, -0.2) is 9.97 Å². The smallest absolute Gasteiger partial charge is 0.0709 e. The maximum Gasteiger partial charge on any atom is 0.0709 e. The second-order valence-electron chi connectivity index (χ2n) is 4.83. The summed E-state index contributed by atoms with van der Waals surface area (Å²) in [7, 11) is 0. The minimum Gasteiger partial charge on any atom is -0.264 e. The molecule has 4 aromatic rings. The molecule has 0 aliphatic rings. The van der Waals surface area contributed by atoms with Gasteiger partial charge in [0.2, 0.25) is 0 Å². The lowest BCUT2D eigenvalue weighted by molar-refractivity contribution is 1.36. The molecule has 0 saturated heterocycles. The Morgan fingerprint density at radius 2 is 1.60 bits per heavy atom. The zero-order valence-electron chi connectivity index (χ0n) is 10.8. The van der Waals surface area contributed by atoms with Crippen molar-refractivity contribution in [1.29, 1.82) is 0 Å². The molecule has 0 radical (unpaired) electrons. The molecule has 0 bridgehead atoms. The largest absolute Gasteiger partial charge is 0.264 e. The number of para-hydroxylation sites is 1. The molecule has 20 heavy (non-hydrogen) atoms. The molecule has 2 heterocycles. The van der Waals surface area contributed by atoms with Crippen LogP contribution in [0.3, 0.4) is 0 Å². The molecule has 2 nitrogen and oxygen atoms in total. The minimum absolute atomic E-state index is 1.00. The first-order valence-corrected chi connectivity index (χ1v) is 6.60. The molecular formula is C18H12N2. The summed E-state index contributed by atoms with van der Waals surface area (Å²) in [6, 6.07) is 20.8. The maximum atomic E-state index is 4.74. The molecule has 0 amide bonds. The van der Waals surface area contributed by atoms with Gasteiger partial charge in [0.1, 0.15) is 0 Å². The highest BCUT2D eigenvalue weighted by molar-refractivity contribution is 5.87. The highest BCUT2D eigenvalue weighted by Gasteiger charge is 2.02. The van der Waals surface area contributed by atoms with Crippen molar-refractivity contribution < 1.29 is 0 Å². The van der Waals surface area contributed by atoms with Crippen LogP contribution in [0.25, 0.3) is 32.9 Å². The fourth-order valence-corrected chi connectivity index (χ4v) is 2.47. The Morgan fingerprint density at radius 3 is 2.60 bits per heavy atom. The maximum absolute atomic E-state index is 4.74. The third-order valence-electron chi connectivity index (χ3n) is 3.53. The van der Waals surface area contributed by atoms with Gasteiger partial charge in [-0.15, -0.1) is 0 Å². The van der Waals surface area contributed by atoms with Crippen molar-refractivity contribution in [3.05, 3.63) is 73.1 Å². The van der Waals surface area contributed by atoms with E-state index in [0.717, 1.165) is 22.2 Å². The van der Waals surface area contributed by atoms with Gasteiger partial charge in [-0.1, -0.05) is 36.4 Å². The predicted octanol–water partition coefficient (Wildman–Crippen LogP) is 4.45. The van der Waals surface area contributed by atoms with Crippen LogP contribution in [0.5, 0.6) is 0 Å². The number of fused-ring (bicyclic) bond motifs is 2. The fourth-order valence-electron chi connectivity index (χ4n) is 2.47. The molecule has 94 valence electrons. The average molecular weight is 256 g/mol. The van der Waals surface area contributed by atoms with Crippen LogP contribution in [0, 0.1) is 0 Å². The molecule has 4 rings (SSSR count). The zero-order chi connectivity index (χ0) is 13.4. The first-order valence-electron chi connectivity index (χ1n) is 6.60. The average Bonchev–Trinajstić information content (AvgIpc) is 2.54. The monoisotopic (exact) mass is 256 g/mol. The quantitative estimate of drug-likeness (QED) is 0.503. The molecule has 2 heteroatoms. The van der Waals surface area contributed by atoms with E-state index < -0.39 is 0 Å². The third-order valence-corrected chi connectivity index (χ3v) is 3.53. The van der Waals surface area contributed by atoms with Gasteiger partial charge in [-0.05, 0) is 29.7 Å². The van der Waals surface area contributed by atoms with Crippen LogP contribution in [0.1, 0.15) is 0 Å². The summed E-state index contributed by atoms with van der Waals surface area (Å²) in [4.78, 5) is 8.88. The normalized spacial score (nSPS) is 11.0. The fraction of sp³-hybridized carbons (Fsp3) is 0. The van der Waals surface area contributed by atoms with Crippen molar-refractivity contribution in [1.82, 2.24) is 9.97 Å². The number of pyridine rings is 2. The summed E-state index contributed by atoms with van der Waals surface area (Å²) in [5, 5.41) is 3.51. The summed E-state index contributed by atoms with van der Waals surface area (Å²) in [6.45, 7) is 0. The van der Waals surface area contributed by atoms with Gasteiger partial charge in [0.25, 0.3) is 0 Å². The number of hydrogen-bond donors (Lipinski definition) is 0. The Hall–Kier alpha value is -2.74. The van der Waals surface area contributed by atoms with Gasteiger partial charge >= 0.3 is 0 Å². The van der Waals surface area contributed by atoms with Gasteiger partial charge < -0.3 is 0 Å². The Balaban J connectivity index is 1.91. The third kappa shape index (κ3) is 1.82. The van der Waals surface area contributed by atoms with Crippen molar-refractivity contribution in [3.8, 4) is 11.3 Å². The molecule has 0 spiro atoms. The van der Waals surface area contributed by atoms with Gasteiger partial charge in [0, 0.05) is 28.7 Å². The van der Waals surface area contributed by atoms with Crippen molar-refractivity contribution in [2.75, 3.05) is 0 Å². The lowest BCUT2D eigenvalue weighted by atomic mass is 10.1. The number of hydrogen-bond acceptors (Lipinski definition) is 2. The second kappa shape index (κ2) is 4.42. The molecule has 0 fully saturated rings. The van der Waals surface area contributed by atoms with Crippen LogP contribution < -0.4 is 0 Å². The zero-order valence-corrected chi connectivity index (χ0v) is 10.8. The number of nitrogens with zero attached hydrogens (tertiary/aromatic N) is 2. The Morgan fingerprint density at radius 1 is 0.700 bits per heavy atom. The lowest BCUT2D eigenvalue weighted by Gasteiger charge is -2.05. The standard InChI is InChI=1S/C18H12N2/c1-2-4-17-13(3-1)7-8-18(20-17)15-5-6-16-12-19-10-9-14(16)11-15/h1-12H. The molecule has 0 N–H and O–H groups in total. The minimum atomic E-state index is 1.00. The van der Waals surface area contributed by atoms with E-state index in [4.69, 9.17) is 4.98 Å². The highest BCUT2D eigenvalue weighted by Crippen LogP contribution is 2.24. The van der Waals surface area contributed by atoms with E-state index >= 15 is 0 Å². The molecule has 0 aliphatic carbocycles. The van der Waals surface area contributed by atoms with E-state index in [1.165, 1.54) is 10.8 Å². The van der Waals surface area contributed by atoms with E-state index in [2.05, 4.69) is 41.4 Å². The summed E-state index contributed by atoms with van der Waals surface area (Å²) in [6.07, 6.45) is 3.70. The van der Waals surface area contributed by atoms with Crippen LogP contribution in [-0.2, 0) is 0 Å². The first kappa shape index (κ1) is 11.1. The van der Waals surface area contributed by atoms with Crippen LogP contribution in [0.4, 0.5) is 0 Å². The summed E-state index contributed by atoms with van der Waals surface area (Å²) < 4.78 is 0. The predicted molar refractivity (Wildman–Crippen MR) is 82.5 cm³/mol. The molecule has 2 aromatic carbocycles. The lowest BCUT2D eigenvalue weighted by Crippen LogP contribution is -1.85. The van der Waals surface area contributed by atoms with E-state index in [1.807, 2.05) is 36.7 Å². The van der Waals surface area contributed by atoms with Gasteiger partial charge in [0.05, 0.1) is 11.2 Å². The van der Waals surface area contributed by atoms with Crippen molar-refractivity contribution >= 4 is 21.7 Å². The summed E-state index contributed by atoms with van der Waals surface area (Å²) in [5.74, 6) is 0. The van der Waals surface area contributed by atoms with Crippen LogP contribution in [0.15, 0.2) is 73.1 Å². The Bertz CT molecular complexity index is 836. The number of rotatable bonds is 1.